The van der Waals surface area contributed by atoms with Crippen molar-refractivity contribution in [2.24, 2.45) is 13.0 Å². The first-order valence-corrected chi connectivity index (χ1v) is 11.5. The van der Waals surface area contributed by atoms with Gasteiger partial charge in [0.25, 0.3) is 0 Å². The van der Waals surface area contributed by atoms with Gasteiger partial charge in [-0.05, 0) is 70.0 Å². The number of hydrogen-bond acceptors (Lipinski definition) is 3. The summed E-state index contributed by atoms with van der Waals surface area (Å²) in [5.74, 6) is -2.62. The number of hydrogen-bond donors (Lipinski definition) is 1. The van der Waals surface area contributed by atoms with E-state index in [0.717, 1.165) is 36.9 Å². The molecule has 1 unspecified atom stereocenters. The van der Waals surface area contributed by atoms with Gasteiger partial charge in [-0.15, -0.1) is 0 Å². The number of carbonyl (C=O) groups is 1. The van der Waals surface area contributed by atoms with E-state index >= 15 is 0 Å². The molecule has 9 heteroatoms. The van der Waals surface area contributed by atoms with Crippen molar-refractivity contribution >= 4 is 39.4 Å². The van der Waals surface area contributed by atoms with Gasteiger partial charge < -0.3 is 4.98 Å². The number of alkyl halides is 3. The molecule has 5 nitrogen and oxygen atoms in total. The highest BCUT2D eigenvalue weighted by Crippen LogP contribution is 2.56. The summed E-state index contributed by atoms with van der Waals surface area (Å²) in [6.07, 6.45) is -0.311. The smallest absolute Gasteiger partial charge is 0.345 e. The number of rotatable bonds is 4. The minimum absolute atomic E-state index is 0.359. The number of benzene rings is 2. The molecule has 0 amide bonds. The van der Waals surface area contributed by atoms with Crippen LogP contribution in [0.4, 0.5) is 13.2 Å². The number of H-pyrrole nitrogens is 1. The minimum Gasteiger partial charge on any atom is -0.345 e. The normalized spacial score (nSPS) is 20.9. The van der Waals surface area contributed by atoms with Crippen molar-refractivity contribution in [1.82, 2.24) is 19.7 Å². The Hall–Kier alpha value is -2.69. The highest BCUT2D eigenvalue weighted by atomic mass is 127. The summed E-state index contributed by atoms with van der Waals surface area (Å²) in [6, 6.07) is 9.36. The summed E-state index contributed by atoms with van der Waals surface area (Å²) < 4.78 is 42.7. The second kappa shape index (κ2) is 7.96. The zero-order valence-electron chi connectivity index (χ0n) is 17.8. The van der Waals surface area contributed by atoms with Gasteiger partial charge in [0.05, 0.1) is 35.9 Å². The van der Waals surface area contributed by atoms with Crippen LogP contribution in [-0.2, 0) is 11.8 Å². The fourth-order valence-electron chi connectivity index (χ4n) is 4.98. The van der Waals surface area contributed by atoms with Crippen molar-refractivity contribution in [2.75, 3.05) is 0 Å². The number of aromatic nitrogens is 4. The fourth-order valence-corrected chi connectivity index (χ4v) is 6.10. The maximum atomic E-state index is 13.4. The molecule has 0 spiro atoms. The molecule has 33 heavy (non-hydrogen) atoms. The van der Waals surface area contributed by atoms with E-state index in [1.807, 2.05) is 38.4 Å². The number of carbonyl (C=O) groups excluding carboxylic acids is 1. The molecule has 1 saturated carbocycles. The number of nitrogens with one attached hydrogen (secondary N) is 1. The lowest BCUT2D eigenvalue weighted by Gasteiger charge is -2.45. The number of nitrogens with zero attached hydrogens (tertiary/aromatic N) is 3. The van der Waals surface area contributed by atoms with Gasteiger partial charge in [0.2, 0.25) is 0 Å². The van der Waals surface area contributed by atoms with Gasteiger partial charge in [-0.1, -0.05) is 12.1 Å². The number of Topliss-reactive ketones (excluding diaryl/α,β-unsaturated/α-hetero) is 1. The Kier molecular flexibility index (Phi) is 5.34. The molecule has 3 atom stereocenters. The van der Waals surface area contributed by atoms with Crippen LogP contribution in [-0.4, -0.2) is 31.7 Å². The Morgan fingerprint density at radius 2 is 1.97 bits per heavy atom. The van der Waals surface area contributed by atoms with Crippen molar-refractivity contribution in [3.63, 3.8) is 0 Å². The molecule has 1 aliphatic carbocycles. The van der Waals surface area contributed by atoms with E-state index in [2.05, 4.69) is 37.7 Å². The molecule has 170 valence electrons. The van der Waals surface area contributed by atoms with Crippen molar-refractivity contribution < 1.29 is 18.0 Å². The maximum absolute atomic E-state index is 13.4. The van der Waals surface area contributed by atoms with Gasteiger partial charge in [-0.2, -0.15) is 18.3 Å². The molecule has 0 saturated heterocycles. The third kappa shape index (κ3) is 3.96. The summed E-state index contributed by atoms with van der Waals surface area (Å²) in [7, 11) is 1.83. The number of ketones is 1. The van der Waals surface area contributed by atoms with Crippen molar-refractivity contribution in [3.05, 3.63) is 69.3 Å². The highest BCUT2D eigenvalue weighted by Gasteiger charge is 2.55. The molecule has 0 radical (unpaired) electrons. The third-order valence-corrected chi connectivity index (χ3v) is 7.32. The highest BCUT2D eigenvalue weighted by molar-refractivity contribution is 14.1. The number of imidazole rings is 1. The van der Waals surface area contributed by atoms with Crippen LogP contribution in [0.5, 0.6) is 0 Å². The molecule has 1 fully saturated rings. The van der Waals surface area contributed by atoms with E-state index < -0.39 is 30.4 Å². The molecule has 0 aliphatic heterocycles. The van der Waals surface area contributed by atoms with Crippen LogP contribution in [0.1, 0.15) is 34.9 Å². The Morgan fingerprint density at radius 1 is 1.18 bits per heavy atom. The second-order valence-corrected chi connectivity index (χ2v) is 9.76. The Balaban J connectivity index is 1.60. The van der Waals surface area contributed by atoms with Crippen LogP contribution < -0.4 is 0 Å². The zero-order valence-corrected chi connectivity index (χ0v) is 20.0. The van der Waals surface area contributed by atoms with Crippen LogP contribution >= 0.6 is 22.6 Å². The van der Waals surface area contributed by atoms with E-state index in [9.17, 15) is 18.0 Å². The Bertz CT molecular complexity index is 1350. The Morgan fingerprint density at radius 3 is 2.64 bits per heavy atom. The molecule has 2 heterocycles. The van der Waals surface area contributed by atoms with Gasteiger partial charge in [0.15, 0.2) is 0 Å². The first-order chi connectivity index (χ1) is 15.6. The number of halogens is 4. The predicted octanol–water partition coefficient (Wildman–Crippen LogP) is 5.90. The molecule has 1 N–H and O–H groups in total. The quantitative estimate of drug-likeness (QED) is 0.315. The van der Waals surface area contributed by atoms with E-state index in [0.29, 0.717) is 5.56 Å². The summed E-state index contributed by atoms with van der Waals surface area (Å²) in [6.45, 7) is 1.90. The van der Waals surface area contributed by atoms with Crippen molar-refractivity contribution in [3.8, 4) is 11.1 Å². The van der Waals surface area contributed by atoms with Crippen molar-refractivity contribution in [2.45, 2.75) is 31.4 Å². The average Bonchev–Trinajstić information content (AvgIpc) is 3.38. The van der Waals surface area contributed by atoms with E-state index in [4.69, 9.17) is 0 Å². The SMILES string of the molecule is Cc1cc(-c2cnn(C)c2)cc(I)c1[C@@H]1C(c2ccc3nc[nH]c3c2)C(=O)[C@@H]1CC(F)(F)F. The van der Waals surface area contributed by atoms with E-state index in [-0.39, 0.29) is 5.78 Å². The molecule has 5 rings (SSSR count). The molecule has 1 aliphatic rings. The first-order valence-electron chi connectivity index (χ1n) is 10.4. The van der Waals surface area contributed by atoms with Gasteiger partial charge in [-0.25, -0.2) is 4.98 Å². The standard InChI is InChI=1S/C24H20F3IN4O/c1-12-5-14(15-9-31-32(2)10-15)6-17(28)20(12)22-16(8-24(25,26)27)23(33)21(22)13-3-4-18-19(7-13)30-11-29-18/h3-7,9-11,16,21-22H,8H2,1-2H3,(H,29,30)/t16-,21?,22-/m1/s1. The van der Waals surface area contributed by atoms with Gasteiger partial charge in [0, 0.05) is 34.2 Å². The monoisotopic (exact) mass is 564 g/mol. The van der Waals surface area contributed by atoms with Crippen LogP contribution in [0.3, 0.4) is 0 Å². The zero-order chi connectivity index (χ0) is 23.5. The summed E-state index contributed by atoms with van der Waals surface area (Å²) in [5.41, 5.74) is 5.79. The van der Waals surface area contributed by atoms with Gasteiger partial charge >= 0.3 is 6.18 Å². The molecule has 2 aromatic carbocycles. The van der Waals surface area contributed by atoms with Gasteiger partial charge in [0.1, 0.15) is 5.78 Å². The molecular formula is C24H20F3IN4O. The second-order valence-electron chi connectivity index (χ2n) is 8.60. The van der Waals surface area contributed by atoms with Crippen LogP contribution in [0.25, 0.3) is 22.2 Å². The molecule has 4 aromatic rings. The van der Waals surface area contributed by atoms with Crippen LogP contribution in [0.15, 0.2) is 49.1 Å². The largest absolute Gasteiger partial charge is 0.389 e. The molecule has 0 bridgehead atoms. The predicted molar refractivity (Wildman–Crippen MR) is 127 cm³/mol. The summed E-state index contributed by atoms with van der Waals surface area (Å²) in [5, 5.41) is 4.21. The minimum atomic E-state index is -4.41. The molecular weight excluding hydrogens is 544 g/mol. The summed E-state index contributed by atoms with van der Waals surface area (Å²) in [4.78, 5) is 20.3. The molecule has 2 aromatic heterocycles. The maximum Gasteiger partial charge on any atom is 0.389 e. The lowest BCUT2D eigenvalue weighted by atomic mass is 9.57. The number of fused-ring (bicyclic) bond motifs is 1. The Labute approximate surface area is 201 Å². The average molecular weight is 564 g/mol. The first kappa shape index (κ1) is 22.1. The fraction of sp³-hybridized carbons (Fsp3) is 0.292. The number of aromatic amines is 1. The number of aryl methyl sites for hydroxylation is 2. The summed E-state index contributed by atoms with van der Waals surface area (Å²) >= 11 is 2.18. The topological polar surface area (TPSA) is 63.6 Å². The van der Waals surface area contributed by atoms with E-state index in [1.54, 1.807) is 29.3 Å². The van der Waals surface area contributed by atoms with Crippen LogP contribution in [0, 0.1) is 16.4 Å². The lowest BCUT2D eigenvalue weighted by Crippen LogP contribution is -2.46. The van der Waals surface area contributed by atoms with Crippen LogP contribution in [0.2, 0.25) is 0 Å². The van der Waals surface area contributed by atoms with E-state index in [1.165, 1.54) is 0 Å². The lowest BCUT2D eigenvalue weighted by molar-refractivity contribution is -0.164. The van der Waals surface area contributed by atoms with Crippen molar-refractivity contribution in [1.29, 1.82) is 0 Å². The van der Waals surface area contributed by atoms with Gasteiger partial charge in [-0.3, -0.25) is 9.48 Å². The third-order valence-electron chi connectivity index (χ3n) is 6.43.